The number of benzene rings is 1. The molecule has 28 heavy (non-hydrogen) atoms. The van der Waals surface area contributed by atoms with Crippen molar-refractivity contribution in [3.8, 4) is 0 Å². The molecule has 0 radical (unpaired) electrons. The number of amides is 1. The highest BCUT2D eigenvalue weighted by Crippen LogP contribution is 2.33. The average Bonchev–Trinajstić information content (AvgIpc) is 3.47. The number of aromatic amines is 1. The normalized spacial score (nSPS) is 16.1. The number of ether oxygens (including phenoxy) is 1. The van der Waals surface area contributed by atoms with Crippen molar-refractivity contribution < 1.29 is 18.7 Å². The maximum Gasteiger partial charge on any atom is 0.355 e. The van der Waals surface area contributed by atoms with Crippen LogP contribution in [-0.4, -0.2) is 34.2 Å². The zero-order chi connectivity index (χ0) is 19.5. The van der Waals surface area contributed by atoms with Gasteiger partial charge in [0, 0.05) is 17.6 Å². The maximum atomic E-state index is 12.7. The van der Waals surface area contributed by atoms with E-state index in [0.717, 1.165) is 11.3 Å². The van der Waals surface area contributed by atoms with Crippen LogP contribution in [0.5, 0.6) is 0 Å². The number of furan rings is 1. The molecule has 0 fully saturated rings. The minimum absolute atomic E-state index is 0.280. The summed E-state index contributed by atoms with van der Waals surface area (Å²) in [5.41, 5.74) is 1.86. The third kappa shape index (κ3) is 3.70. The van der Waals surface area contributed by atoms with Gasteiger partial charge in [-0.3, -0.25) is 4.79 Å². The Morgan fingerprint density at radius 3 is 2.71 bits per heavy atom. The summed E-state index contributed by atoms with van der Waals surface area (Å²) in [5.74, 6) is -0.434. The molecule has 0 aliphatic carbocycles. The number of nitrogens with one attached hydrogen (secondary N) is 1. The van der Waals surface area contributed by atoms with Crippen molar-refractivity contribution in [2.24, 2.45) is 5.10 Å². The van der Waals surface area contributed by atoms with Gasteiger partial charge in [0.25, 0.3) is 5.91 Å². The average molecular weight is 398 g/mol. The van der Waals surface area contributed by atoms with Crippen LogP contribution in [0.2, 0.25) is 5.02 Å². The zero-order valence-corrected chi connectivity index (χ0v) is 15.4. The number of carbonyl (C=O) groups is 2. The van der Waals surface area contributed by atoms with Crippen molar-refractivity contribution in [1.82, 2.24) is 9.99 Å². The predicted octanol–water partition coefficient (Wildman–Crippen LogP) is 3.80. The minimum atomic E-state index is -0.603. The zero-order valence-electron chi connectivity index (χ0n) is 14.7. The quantitative estimate of drug-likeness (QED) is 0.663. The third-order valence-electron chi connectivity index (χ3n) is 4.36. The Bertz CT molecular complexity index is 995. The second-order valence-electron chi connectivity index (χ2n) is 6.19. The van der Waals surface area contributed by atoms with Gasteiger partial charge in [-0.15, -0.1) is 0 Å². The molecule has 0 saturated carbocycles. The standard InChI is InChI=1S/C20H16ClN3O4/c21-14-7-5-13(6-8-14)16-11-17(18-4-2-10-27-18)24(23-16)19(25)12-28-20(26)15-3-1-9-22-15/h1-10,17,22H,11-12H2/t17-/m1/s1. The van der Waals surface area contributed by atoms with E-state index in [9.17, 15) is 9.59 Å². The van der Waals surface area contributed by atoms with Crippen LogP contribution in [-0.2, 0) is 9.53 Å². The van der Waals surface area contributed by atoms with E-state index in [-0.39, 0.29) is 5.69 Å². The Balaban J connectivity index is 1.53. The summed E-state index contributed by atoms with van der Waals surface area (Å²) in [6.07, 6.45) is 3.63. The molecule has 3 aromatic rings. The number of halogens is 1. The van der Waals surface area contributed by atoms with Crippen molar-refractivity contribution in [3.05, 3.63) is 83.0 Å². The highest BCUT2D eigenvalue weighted by molar-refractivity contribution is 6.30. The van der Waals surface area contributed by atoms with Gasteiger partial charge in [0.2, 0.25) is 0 Å². The number of H-pyrrole nitrogens is 1. The molecule has 0 saturated heterocycles. The number of hydrogen-bond acceptors (Lipinski definition) is 5. The fraction of sp³-hybridized carbons (Fsp3) is 0.150. The van der Waals surface area contributed by atoms with Crippen molar-refractivity contribution in [2.75, 3.05) is 6.61 Å². The topological polar surface area (TPSA) is 87.9 Å². The number of hydrazone groups is 1. The van der Waals surface area contributed by atoms with E-state index in [0.29, 0.717) is 17.2 Å². The summed E-state index contributed by atoms with van der Waals surface area (Å²) in [7, 11) is 0. The van der Waals surface area contributed by atoms with Crippen molar-refractivity contribution in [3.63, 3.8) is 0 Å². The lowest BCUT2D eigenvalue weighted by Gasteiger charge is -2.19. The summed E-state index contributed by atoms with van der Waals surface area (Å²) >= 11 is 5.95. The van der Waals surface area contributed by atoms with Gasteiger partial charge < -0.3 is 14.1 Å². The molecule has 1 aliphatic heterocycles. The highest BCUT2D eigenvalue weighted by Gasteiger charge is 2.35. The highest BCUT2D eigenvalue weighted by atomic mass is 35.5. The molecule has 1 aromatic carbocycles. The Labute approximate surface area is 165 Å². The molecule has 1 amide bonds. The van der Waals surface area contributed by atoms with Crippen LogP contribution in [0.4, 0.5) is 0 Å². The first kappa shape index (κ1) is 18.1. The fourth-order valence-electron chi connectivity index (χ4n) is 2.99. The van der Waals surface area contributed by atoms with E-state index >= 15 is 0 Å². The van der Waals surface area contributed by atoms with E-state index < -0.39 is 24.5 Å². The molecule has 1 aliphatic rings. The van der Waals surface area contributed by atoms with E-state index in [1.807, 2.05) is 12.1 Å². The van der Waals surface area contributed by atoms with Gasteiger partial charge in [-0.1, -0.05) is 23.7 Å². The lowest BCUT2D eigenvalue weighted by molar-refractivity contribution is -0.136. The molecular weight excluding hydrogens is 382 g/mol. The first-order valence-electron chi connectivity index (χ1n) is 8.61. The first-order chi connectivity index (χ1) is 13.6. The van der Waals surface area contributed by atoms with Crippen LogP contribution in [0.1, 0.15) is 34.3 Å². The number of carbonyl (C=O) groups excluding carboxylic acids is 2. The van der Waals surface area contributed by atoms with Crippen LogP contribution < -0.4 is 0 Å². The predicted molar refractivity (Wildman–Crippen MR) is 102 cm³/mol. The minimum Gasteiger partial charge on any atom is -0.467 e. The van der Waals surface area contributed by atoms with Gasteiger partial charge in [0.1, 0.15) is 17.5 Å². The van der Waals surface area contributed by atoms with Gasteiger partial charge in [0.15, 0.2) is 6.61 Å². The molecule has 3 heterocycles. The molecular formula is C20H16ClN3O4. The summed E-state index contributed by atoms with van der Waals surface area (Å²) in [5, 5.41) is 6.39. The molecule has 4 rings (SSSR count). The van der Waals surface area contributed by atoms with Crippen LogP contribution >= 0.6 is 11.6 Å². The molecule has 2 aromatic heterocycles. The summed E-state index contributed by atoms with van der Waals surface area (Å²) in [6, 6.07) is 13.6. The lowest BCUT2D eigenvalue weighted by atomic mass is 10.0. The molecule has 0 unspecified atom stereocenters. The number of nitrogens with zero attached hydrogens (tertiary/aromatic N) is 2. The number of hydrogen-bond donors (Lipinski definition) is 1. The van der Waals surface area contributed by atoms with Gasteiger partial charge in [-0.05, 0) is 42.0 Å². The summed E-state index contributed by atoms with van der Waals surface area (Å²) in [4.78, 5) is 27.4. The second-order valence-corrected chi connectivity index (χ2v) is 6.62. The van der Waals surface area contributed by atoms with Crippen LogP contribution in [0.3, 0.4) is 0 Å². The Morgan fingerprint density at radius 2 is 2.04 bits per heavy atom. The van der Waals surface area contributed by atoms with E-state index in [2.05, 4.69) is 10.1 Å². The Morgan fingerprint density at radius 1 is 1.21 bits per heavy atom. The SMILES string of the molecule is O=C(OCC(=O)N1N=C(c2ccc(Cl)cc2)C[C@@H]1c1ccco1)c1ccc[nH]1. The Kier molecular flexibility index (Phi) is 4.99. The van der Waals surface area contributed by atoms with Gasteiger partial charge in [-0.2, -0.15) is 5.10 Å². The smallest absolute Gasteiger partial charge is 0.355 e. The molecule has 0 bridgehead atoms. The fourth-order valence-corrected chi connectivity index (χ4v) is 3.11. The molecule has 142 valence electrons. The van der Waals surface area contributed by atoms with E-state index in [1.165, 1.54) is 5.01 Å². The van der Waals surface area contributed by atoms with Gasteiger partial charge in [0.05, 0.1) is 12.0 Å². The third-order valence-corrected chi connectivity index (χ3v) is 4.61. The molecule has 1 atom stereocenters. The largest absolute Gasteiger partial charge is 0.467 e. The Hall–Kier alpha value is -3.32. The van der Waals surface area contributed by atoms with Crippen molar-refractivity contribution in [1.29, 1.82) is 0 Å². The summed E-state index contributed by atoms with van der Waals surface area (Å²) < 4.78 is 10.6. The molecule has 0 spiro atoms. The van der Waals surface area contributed by atoms with Gasteiger partial charge >= 0.3 is 5.97 Å². The molecule has 7 nitrogen and oxygen atoms in total. The van der Waals surface area contributed by atoms with Crippen molar-refractivity contribution >= 4 is 29.2 Å². The van der Waals surface area contributed by atoms with Gasteiger partial charge in [-0.25, -0.2) is 9.80 Å². The lowest BCUT2D eigenvalue weighted by Crippen LogP contribution is -2.31. The van der Waals surface area contributed by atoms with E-state index in [1.54, 1.807) is 48.9 Å². The van der Waals surface area contributed by atoms with Crippen molar-refractivity contribution in [2.45, 2.75) is 12.5 Å². The molecule has 8 heteroatoms. The van der Waals surface area contributed by atoms with Crippen LogP contribution in [0.25, 0.3) is 0 Å². The maximum absolute atomic E-state index is 12.7. The first-order valence-corrected chi connectivity index (χ1v) is 8.99. The number of esters is 1. The monoisotopic (exact) mass is 397 g/mol. The van der Waals surface area contributed by atoms with Crippen LogP contribution in [0.15, 0.2) is 70.5 Å². The second kappa shape index (κ2) is 7.74. The summed E-state index contributed by atoms with van der Waals surface area (Å²) in [6.45, 7) is -0.424. The number of aromatic nitrogens is 1. The number of rotatable bonds is 5. The van der Waals surface area contributed by atoms with Crippen LogP contribution in [0, 0.1) is 0 Å². The molecule has 1 N–H and O–H groups in total. The van der Waals surface area contributed by atoms with E-state index in [4.69, 9.17) is 20.8 Å².